The topological polar surface area (TPSA) is 139 Å². The number of aromatic hydroxyl groups is 1. The Morgan fingerprint density at radius 3 is 2.55 bits per heavy atom. The SMILES string of the molecule is COc1cc(/C=C2\SC(=O)N(NC(=O)c3ccc([N+](=O)[O-])cc3)C2=O)ccc1O. The molecule has 0 saturated carbocycles. The second kappa shape index (κ2) is 8.02. The number of non-ortho nitro benzene ring substituents is 1. The number of carbonyl (C=O) groups excluding carboxylic acids is 3. The van der Waals surface area contributed by atoms with Crippen molar-refractivity contribution in [3.05, 3.63) is 68.6 Å². The van der Waals surface area contributed by atoms with E-state index in [1.54, 1.807) is 0 Å². The molecule has 1 heterocycles. The number of nitrogens with one attached hydrogen (secondary N) is 1. The van der Waals surface area contributed by atoms with Gasteiger partial charge in [-0.25, -0.2) is 0 Å². The first-order chi connectivity index (χ1) is 13.8. The first kappa shape index (κ1) is 19.9. The van der Waals surface area contributed by atoms with Crippen LogP contribution in [-0.4, -0.2) is 39.2 Å². The number of nitro groups is 1. The van der Waals surface area contributed by atoms with Crippen molar-refractivity contribution in [2.24, 2.45) is 0 Å². The van der Waals surface area contributed by atoms with Gasteiger partial charge in [0.25, 0.3) is 17.5 Å². The third-order valence-corrected chi connectivity index (χ3v) is 4.72. The van der Waals surface area contributed by atoms with Crippen molar-refractivity contribution in [3.8, 4) is 11.5 Å². The smallest absolute Gasteiger partial charge is 0.312 e. The van der Waals surface area contributed by atoms with E-state index in [2.05, 4.69) is 5.43 Å². The summed E-state index contributed by atoms with van der Waals surface area (Å²) in [5.41, 5.74) is 2.55. The highest BCUT2D eigenvalue weighted by Crippen LogP contribution is 2.33. The van der Waals surface area contributed by atoms with Gasteiger partial charge in [0.15, 0.2) is 11.5 Å². The van der Waals surface area contributed by atoms with E-state index < -0.39 is 22.0 Å². The van der Waals surface area contributed by atoms with Crippen LogP contribution >= 0.6 is 11.8 Å². The zero-order valence-corrected chi connectivity index (χ0v) is 15.6. The van der Waals surface area contributed by atoms with E-state index in [0.717, 1.165) is 12.1 Å². The number of rotatable bonds is 5. The standard InChI is InChI=1S/C18H13N3O7S/c1-28-14-8-10(2-7-13(14)22)9-15-17(24)20(18(25)29-15)19-16(23)11-3-5-12(6-4-11)21(26)27/h2-9,22H,1H3,(H,19,23)/b15-9-. The largest absolute Gasteiger partial charge is 0.504 e. The second-order valence-corrected chi connectivity index (χ2v) is 6.69. The summed E-state index contributed by atoms with van der Waals surface area (Å²) in [4.78, 5) is 47.0. The number of hydrazine groups is 1. The molecule has 10 nitrogen and oxygen atoms in total. The van der Waals surface area contributed by atoms with Crippen LogP contribution in [0.1, 0.15) is 15.9 Å². The molecule has 11 heteroatoms. The van der Waals surface area contributed by atoms with Gasteiger partial charge in [0, 0.05) is 17.7 Å². The molecule has 1 aliphatic heterocycles. The molecule has 148 valence electrons. The van der Waals surface area contributed by atoms with Crippen molar-refractivity contribution < 1.29 is 29.2 Å². The van der Waals surface area contributed by atoms with Gasteiger partial charge in [-0.15, -0.1) is 0 Å². The van der Waals surface area contributed by atoms with Gasteiger partial charge in [-0.3, -0.25) is 29.9 Å². The molecule has 0 spiro atoms. The average Bonchev–Trinajstić information content (AvgIpc) is 2.96. The maximum absolute atomic E-state index is 12.5. The van der Waals surface area contributed by atoms with E-state index in [1.807, 2.05) is 0 Å². The fourth-order valence-corrected chi connectivity index (χ4v) is 3.18. The van der Waals surface area contributed by atoms with E-state index in [1.165, 1.54) is 43.5 Å². The number of ether oxygens (including phenoxy) is 1. The molecule has 0 aliphatic carbocycles. The molecular formula is C18H13N3O7S. The number of nitrogens with zero attached hydrogens (tertiary/aromatic N) is 2. The van der Waals surface area contributed by atoms with E-state index in [-0.39, 0.29) is 27.7 Å². The number of benzene rings is 2. The summed E-state index contributed by atoms with van der Waals surface area (Å²) in [5, 5.41) is 20.2. The summed E-state index contributed by atoms with van der Waals surface area (Å²) in [7, 11) is 1.38. The molecule has 3 rings (SSSR count). The predicted octanol–water partition coefficient (Wildman–Crippen LogP) is 2.69. The van der Waals surface area contributed by atoms with E-state index >= 15 is 0 Å². The Balaban J connectivity index is 1.76. The number of phenolic OH excluding ortho intramolecular Hbond substituents is 1. The van der Waals surface area contributed by atoms with Crippen LogP contribution in [0.4, 0.5) is 10.5 Å². The monoisotopic (exact) mass is 415 g/mol. The minimum absolute atomic E-state index is 0.0434. The van der Waals surface area contributed by atoms with Crippen molar-refractivity contribution in [2.75, 3.05) is 7.11 Å². The molecule has 2 aromatic carbocycles. The zero-order valence-electron chi connectivity index (χ0n) is 14.8. The molecule has 0 bridgehead atoms. The molecule has 0 aromatic heterocycles. The number of thioether (sulfide) groups is 1. The average molecular weight is 415 g/mol. The normalized spacial score (nSPS) is 14.9. The highest BCUT2D eigenvalue weighted by atomic mass is 32.2. The van der Waals surface area contributed by atoms with Crippen molar-refractivity contribution in [3.63, 3.8) is 0 Å². The van der Waals surface area contributed by atoms with Crippen LogP contribution in [0.5, 0.6) is 11.5 Å². The van der Waals surface area contributed by atoms with Crippen LogP contribution in [-0.2, 0) is 4.79 Å². The fourth-order valence-electron chi connectivity index (χ4n) is 2.40. The van der Waals surface area contributed by atoms with Crippen LogP contribution in [0.3, 0.4) is 0 Å². The number of nitro benzene ring substituents is 1. The minimum atomic E-state index is -0.769. The molecule has 2 aromatic rings. The lowest BCUT2D eigenvalue weighted by Gasteiger charge is -2.13. The fraction of sp³-hybridized carbons (Fsp3) is 0.0556. The number of methoxy groups -OCH3 is 1. The summed E-state index contributed by atoms with van der Waals surface area (Å²) in [6.45, 7) is 0. The molecule has 0 radical (unpaired) electrons. The van der Waals surface area contributed by atoms with Gasteiger partial charge in [-0.05, 0) is 47.7 Å². The van der Waals surface area contributed by atoms with Crippen LogP contribution in [0.25, 0.3) is 6.08 Å². The molecule has 0 atom stereocenters. The summed E-state index contributed by atoms with van der Waals surface area (Å²) in [6.07, 6.45) is 1.42. The molecular weight excluding hydrogens is 402 g/mol. The van der Waals surface area contributed by atoms with Crippen LogP contribution in [0.2, 0.25) is 0 Å². The molecule has 1 fully saturated rings. The van der Waals surface area contributed by atoms with Crippen LogP contribution in [0.15, 0.2) is 47.4 Å². The Morgan fingerprint density at radius 1 is 1.24 bits per heavy atom. The number of amides is 3. The lowest BCUT2D eigenvalue weighted by atomic mass is 10.2. The third-order valence-electron chi connectivity index (χ3n) is 3.85. The molecule has 1 saturated heterocycles. The van der Waals surface area contributed by atoms with Gasteiger partial charge in [0.05, 0.1) is 16.9 Å². The predicted molar refractivity (Wildman–Crippen MR) is 103 cm³/mol. The Kier molecular flexibility index (Phi) is 5.50. The summed E-state index contributed by atoms with van der Waals surface area (Å²) < 4.78 is 5.00. The van der Waals surface area contributed by atoms with Crippen molar-refractivity contribution in [1.29, 1.82) is 0 Å². The lowest BCUT2D eigenvalue weighted by Crippen LogP contribution is -2.44. The number of carbonyl (C=O) groups is 3. The first-order valence-electron chi connectivity index (χ1n) is 8.00. The van der Waals surface area contributed by atoms with Crippen LogP contribution in [0, 0.1) is 10.1 Å². The third kappa shape index (κ3) is 4.19. The highest BCUT2D eigenvalue weighted by molar-refractivity contribution is 8.18. The Bertz CT molecular complexity index is 1050. The summed E-state index contributed by atoms with van der Waals surface area (Å²) in [5.74, 6) is -1.38. The molecule has 1 aliphatic rings. The molecule has 2 N–H and O–H groups in total. The van der Waals surface area contributed by atoms with Gasteiger partial charge in [0.1, 0.15) is 0 Å². The zero-order chi connectivity index (χ0) is 21.1. The number of hydrogen-bond acceptors (Lipinski definition) is 8. The summed E-state index contributed by atoms with van der Waals surface area (Å²) in [6, 6.07) is 9.10. The van der Waals surface area contributed by atoms with Gasteiger partial charge >= 0.3 is 5.24 Å². The van der Waals surface area contributed by atoms with Crippen molar-refractivity contribution in [2.45, 2.75) is 0 Å². The van der Waals surface area contributed by atoms with E-state index in [9.17, 15) is 29.6 Å². The van der Waals surface area contributed by atoms with Crippen LogP contribution < -0.4 is 10.2 Å². The quantitative estimate of drug-likeness (QED) is 0.432. The van der Waals surface area contributed by atoms with E-state index in [0.29, 0.717) is 22.3 Å². The van der Waals surface area contributed by atoms with Gasteiger partial charge in [-0.1, -0.05) is 6.07 Å². The Morgan fingerprint density at radius 2 is 1.93 bits per heavy atom. The maximum Gasteiger partial charge on any atom is 0.312 e. The minimum Gasteiger partial charge on any atom is -0.504 e. The van der Waals surface area contributed by atoms with Crippen molar-refractivity contribution >= 4 is 40.6 Å². The first-order valence-corrected chi connectivity index (χ1v) is 8.82. The Labute approximate surface area is 167 Å². The van der Waals surface area contributed by atoms with Gasteiger partial charge in [0.2, 0.25) is 0 Å². The summed E-state index contributed by atoms with van der Waals surface area (Å²) >= 11 is 0.629. The molecule has 29 heavy (non-hydrogen) atoms. The molecule has 0 unspecified atom stereocenters. The van der Waals surface area contributed by atoms with Gasteiger partial charge in [-0.2, -0.15) is 5.01 Å². The van der Waals surface area contributed by atoms with Gasteiger partial charge < -0.3 is 9.84 Å². The maximum atomic E-state index is 12.5. The van der Waals surface area contributed by atoms with Crippen molar-refractivity contribution in [1.82, 2.24) is 10.4 Å². The lowest BCUT2D eigenvalue weighted by molar-refractivity contribution is -0.384. The second-order valence-electron chi connectivity index (χ2n) is 5.69. The highest BCUT2D eigenvalue weighted by Gasteiger charge is 2.36. The number of phenols is 1. The number of hydrogen-bond donors (Lipinski definition) is 2. The molecule has 3 amide bonds. The Hall–Kier alpha value is -3.86. The number of imide groups is 1. The van der Waals surface area contributed by atoms with E-state index in [4.69, 9.17) is 4.74 Å².